The minimum absolute atomic E-state index is 0.182. The van der Waals surface area contributed by atoms with E-state index in [0.717, 1.165) is 35.4 Å². The zero-order valence-electron chi connectivity index (χ0n) is 17.7. The highest BCUT2D eigenvalue weighted by Gasteiger charge is 2.25. The van der Waals surface area contributed by atoms with E-state index in [2.05, 4.69) is 6.92 Å². The Labute approximate surface area is 194 Å². The predicted molar refractivity (Wildman–Crippen MR) is 129 cm³/mol. The van der Waals surface area contributed by atoms with E-state index in [1.165, 1.54) is 27.3 Å². The number of hydrogen-bond donors (Lipinski definition) is 0. The van der Waals surface area contributed by atoms with Crippen LogP contribution in [0.5, 0.6) is 5.75 Å². The summed E-state index contributed by atoms with van der Waals surface area (Å²) >= 11 is 3.03. The number of hydrogen-bond acceptors (Lipinski definition) is 5. The van der Waals surface area contributed by atoms with E-state index >= 15 is 0 Å². The second-order valence-electron chi connectivity index (χ2n) is 8.03. The lowest BCUT2D eigenvalue weighted by molar-refractivity contribution is 0.344. The maximum Gasteiger partial charge on any atom is 0.267 e. The summed E-state index contributed by atoms with van der Waals surface area (Å²) in [4.78, 5) is 20.5. The van der Waals surface area contributed by atoms with Crippen LogP contribution in [0.2, 0.25) is 0 Å². The number of aryl methyl sites for hydroxylation is 1. The van der Waals surface area contributed by atoms with Crippen LogP contribution in [-0.4, -0.2) is 21.9 Å². The highest BCUT2D eigenvalue weighted by molar-refractivity contribution is 7.99. The lowest BCUT2D eigenvalue weighted by Gasteiger charge is -2.18. The second-order valence-corrected chi connectivity index (χ2v) is 10.2. The van der Waals surface area contributed by atoms with E-state index in [4.69, 9.17) is 9.72 Å². The number of thiophene rings is 1. The highest BCUT2D eigenvalue weighted by Crippen LogP contribution is 2.37. The predicted octanol–water partition coefficient (Wildman–Crippen LogP) is 5.88. The summed E-state index contributed by atoms with van der Waals surface area (Å²) in [5, 5.41) is 1.15. The maximum absolute atomic E-state index is 14.7. The van der Waals surface area contributed by atoms with Crippen molar-refractivity contribution in [2.75, 3.05) is 12.4 Å². The molecule has 0 saturated heterocycles. The minimum Gasteiger partial charge on any atom is -0.493 e. The molecular formula is C25H23FN2O2S2. The van der Waals surface area contributed by atoms with Gasteiger partial charge in [-0.2, -0.15) is 0 Å². The van der Waals surface area contributed by atoms with Gasteiger partial charge in [-0.1, -0.05) is 49.0 Å². The average molecular weight is 467 g/mol. The highest BCUT2D eigenvalue weighted by atomic mass is 32.2. The van der Waals surface area contributed by atoms with Gasteiger partial charge in [-0.15, -0.1) is 11.3 Å². The van der Waals surface area contributed by atoms with Crippen molar-refractivity contribution in [1.82, 2.24) is 9.55 Å². The monoisotopic (exact) mass is 466 g/mol. The van der Waals surface area contributed by atoms with Gasteiger partial charge in [0, 0.05) is 10.6 Å². The van der Waals surface area contributed by atoms with Crippen LogP contribution in [0.1, 0.15) is 23.8 Å². The zero-order chi connectivity index (χ0) is 22.1. The fourth-order valence-corrected chi connectivity index (χ4v) is 6.37. The third-order valence-electron chi connectivity index (χ3n) is 5.72. The molecule has 1 aliphatic carbocycles. The van der Waals surface area contributed by atoms with Crippen LogP contribution in [0.15, 0.2) is 64.5 Å². The quantitative estimate of drug-likeness (QED) is 0.202. The van der Waals surface area contributed by atoms with Crippen LogP contribution in [-0.2, 0) is 12.8 Å². The van der Waals surface area contributed by atoms with Crippen molar-refractivity contribution >= 4 is 33.3 Å². The molecule has 7 heteroatoms. The number of nitrogens with zero attached hydrogens (tertiary/aromatic N) is 2. The molecule has 0 amide bonds. The third kappa shape index (κ3) is 4.07. The molecule has 1 unspecified atom stereocenters. The van der Waals surface area contributed by atoms with Crippen LogP contribution in [0.4, 0.5) is 4.39 Å². The Bertz CT molecular complexity index is 1320. The third-order valence-corrected chi connectivity index (χ3v) is 7.77. The second kappa shape index (κ2) is 9.08. The summed E-state index contributed by atoms with van der Waals surface area (Å²) in [5.41, 5.74) is 1.16. The molecule has 0 saturated carbocycles. The van der Waals surface area contributed by atoms with E-state index in [1.807, 2.05) is 30.3 Å². The molecular weight excluding hydrogens is 443 g/mol. The summed E-state index contributed by atoms with van der Waals surface area (Å²) in [6.45, 7) is 2.70. The zero-order valence-corrected chi connectivity index (χ0v) is 19.3. The molecule has 4 aromatic rings. The lowest BCUT2D eigenvalue weighted by Crippen LogP contribution is -2.23. The van der Waals surface area contributed by atoms with Gasteiger partial charge in [0.15, 0.2) is 5.16 Å². The van der Waals surface area contributed by atoms with Gasteiger partial charge in [0.25, 0.3) is 5.56 Å². The Morgan fingerprint density at radius 2 is 1.97 bits per heavy atom. The van der Waals surface area contributed by atoms with E-state index in [0.29, 0.717) is 28.8 Å². The van der Waals surface area contributed by atoms with Crippen molar-refractivity contribution < 1.29 is 9.13 Å². The molecule has 4 nitrogen and oxygen atoms in total. The number of ether oxygens (including phenoxy) is 1. The van der Waals surface area contributed by atoms with Crippen molar-refractivity contribution in [3.63, 3.8) is 0 Å². The van der Waals surface area contributed by atoms with Gasteiger partial charge in [0.05, 0.1) is 17.7 Å². The molecule has 0 N–H and O–H groups in total. The fraction of sp³-hybridized carbons (Fsp3) is 0.280. The molecule has 164 valence electrons. The van der Waals surface area contributed by atoms with Crippen molar-refractivity contribution in [3.8, 4) is 11.4 Å². The SMILES string of the molecule is CC1CCc2c(sc3nc(SCCOc4ccccc4)n(-c4ccccc4F)c(=O)c23)C1. The first-order valence-corrected chi connectivity index (χ1v) is 12.5. The Hall–Kier alpha value is -2.64. The van der Waals surface area contributed by atoms with Gasteiger partial charge in [-0.05, 0) is 55.0 Å². The van der Waals surface area contributed by atoms with Gasteiger partial charge in [0.2, 0.25) is 0 Å². The summed E-state index contributed by atoms with van der Waals surface area (Å²) < 4.78 is 22.0. The van der Waals surface area contributed by atoms with Crippen LogP contribution in [0.3, 0.4) is 0 Å². The molecule has 0 fully saturated rings. The number of halogens is 1. The minimum atomic E-state index is -0.434. The smallest absolute Gasteiger partial charge is 0.267 e. The van der Waals surface area contributed by atoms with Gasteiger partial charge >= 0.3 is 0 Å². The average Bonchev–Trinajstić information content (AvgIpc) is 3.16. The summed E-state index contributed by atoms with van der Waals surface area (Å²) in [6.07, 6.45) is 2.91. The lowest BCUT2D eigenvalue weighted by atomic mass is 9.89. The molecule has 2 heterocycles. The number of thioether (sulfide) groups is 1. The molecule has 0 aliphatic heterocycles. The molecule has 0 spiro atoms. The number of aromatic nitrogens is 2. The molecule has 2 aromatic carbocycles. The van der Waals surface area contributed by atoms with Crippen LogP contribution in [0, 0.1) is 11.7 Å². The van der Waals surface area contributed by atoms with Gasteiger partial charge < -0.3 is 4.74 Å². The summed E-state index contributed by atoms with van der Waals surface area (Å²) in [5.74, 6) is 1.55. The van der Waals surface area contributed by atoms with E-state index in [-0.39, 0.29) is 11.2 Å². The maximum atomic E-state index is 14.7. The Morgan fingerprint density at radius 1 is 1.19 bits per heavy atom. The fourth-order valence-electron chi connectivity index (χ4n) is 4.12. The van der Waals surface area contributed by atoms with E-state index < -0.39 is 5.82 Å². The number of benzene rings is 2. The Morgan fingerprint density at radius 3 is 2.78 bits per heavy atom. The first-order valence-electron chi connectivity index (χ1n) is 10.7. The molecule has 1 aliphatic rings. The summed E-state index contributed by atoms with van der Waals surface area (Å²) in [6, 6.07) is 16.0. The first kappa shape index (κ1) is 21.2. The van der Waals surface area contributed by atoms with Crippen molar-refractivity contribution in [1.29, 1.82) is 0 Å². The molecule has 0 bridgehead atoms. The molecule has 5 rings (SSSR count). The van der Waals surface area contributed by atoms with Crippen molar-refractivity contribution in [3.05, 3.63) is 81.2 Å². The van der Waals surface area contributed by atoms with Crippen LogP contribution >= 0.6 is 23.1 Å². The Kier molecular flexibility index (Phi) is 6.02. The first-order chi connectivity index (χ1) is 15.6. The summed E-state index contributed by atoms with van der Waals surface area (Å²) in [7, 11) is 0. The van der Waals surface area contributed by atoms with Gasteiger partial charge in [-0.25, -0.2) is 9.37 Å². The van der Waals surface area contributed by atoms with Crippen molar-refractivity contribution in [2.24, 2.45) is 5.92 Å². The van der Waals surface area contributed by atoms with Crippen molar-refractivity contribution in [2.45, 2.75) is 31.3 Å². The molecule has 1 atom stereocenters. The standard InChI is InChI=1S/C25H23FN2O2S2/c1-16-11-12-18-21(15-16)32-23-22(18)24(29)28(20-10-6-5-9-19(20)26)25(27-23)31-14-13-30-17-7-3-2-4-8-17/h2-10,16H,11-15H2,1H3. The van der Waals surface area contributed by atoms with Crippen LogP contribution < -0.4 is 10.3 Å². The number of rotatable bonds is 6. The molecule has 32 heavy (non-hydrogen) atoms. The normalized spacial score (nSPS) is 15.6. The number of para-hydroxylation sites is 2. The Balaban J connectivity index is 1.54. The van der Waals surface area contributed by atoms with E-state index in [9.17, 15) is 9.18 Å². The van der Waals surface area contributed by atoms with Gasteiger partial charge in [-0.3, -0.25) is 9.36 Å². The molecule has 2 aromatic heterocycles. The molecule has 0 radical (unpaired) electrons. The van der Waals surface area contributed by atoms with Gasteiger partial charge in [0.1, 0.15) is 16.4 Å². The largest absolute Gasteiger partial charge is 0.493 e. The van der Waals surface area contributed by atoms with Crippen LogP contribution in [0.25, 0.3) is 15.9 Å². The number of fused-ring (bicyclic) bond motifs is 3. The topological polar surface area (TPSA) is 44.1 Å². The van der Waals surface area contributed by atoms with E-state index in [1.54, 1.807) is 29.5 Å².